The predicted molar refractivity (Wildman–Crippen MR) is 73.6 cm³/mol. The smallest absolute Gasteiger partial charge is 0.163 e. The van der Waals surface area contributed by atoms with Crippen LogP contribution in [0, 0.1) is 6.92 Å². The van der Waals surface area contributed by atoms with E-state index < -0.39 is 0 Å². The third-order valence-electron chi connectivity index (χ3n) is 3.03. The van der Waals surface area contributed by atoms with Gasteiger partial charge in [-0.25, -0.2) is 0 Å². The summed E-state index contributed by atoms with van der Waals surface area (Å²) in [5.74, 6) is -0.00924. The van der Waals surface area contributed by atoms with E-state index in [1.165, 1.54) is 0 Å². The number of ether oxygens (including phenoxy) is 1. The van der Waals surface area contributed by atoms with Crippen LogP contribution in [-0.2, 0) is 11.3 Å². The zero-order valence-corrected chi connectivity index (χ0v) is 11.5. The summed E-state index contributed by atoms with van der Waals surface area (Å²) >= 11 is 6.32. The van der Waals surface area contributed by atoms with Gasteiger partial charge in [-0.05, 0) is 25.5 Å². The first kappa shape index (κ1) is 13.1. The first-order chi connectivity index (χ1) is 8.56. The van der Waals surface area contributed by atoms with Crippen molar-refractivity contribution in [3.8, 4) is 0 Å². The molecule has 2 rings (SSSR count). The van der Waals surface area contributed by atoms with Gasteiger partial charge in [-0.3, -0.25) is 4.79 Å². The normalized spacial score (nSPS) is 11.1. The number of fused-ring (bicyclic) bond motifs is 1. The van der Waals surface area contributed by atoms with Gasteiger partial charge in [0.05, 0.1) is 17.7 Å². The summed E-state index contributed by atoms with van der Waals surface area (Å²) in [5.41, 5.74) is 2.73. The minimum atomic E-state index is -0.00924. The lowest BCUT2D eigenvalue weighted by Gasteiger charge is -2.06. The number of carbonyl (C=O) groups excluding carboxylic acids is 1. The van der Waals surface area contributed by atoms with Crippen molar-refractivity contribution in [3.63, 3.8) is 0 Å². The van der Waals surface area contributed by atoms with Gasteiger partial charge < -0.3 is 9.30 Å². The van der Waals surface area contributed by atoms with Crippen molar-refractivity contribution in [2.24, 2.45) is 0 Å². The van der Waals surface area contributed by atoms with Crippen molar-refractivity contribution in [2.45, 2.75) is 20.4 Å². The van der Waals surface area contributed by atoms with Crippen molar-refractivity contribution in [1.29, 1.82) is 0 Å². The van der Waals surface area contributed by atoms with Crippen LogP contribution in [0.25, 0.3) is 10.9 Å². The SMILES string of the molecule is COCCn1c(Cl)c(C(C)=O)c2ccc(C)cc21. The van der Waals surface area contributed by atoms with Crippen LogP contribution < -0.4 is 0 Å². The van der Waals surface area contributed by atoms with Crippen LogP contribution in [-0.4, -0.2) is 24.1 Å². The summed E-state index contributed by atoms with van der Waals surface area (Å²) in [5, 5.41) is 1.41. The Morgan fingerprint density at radius 3 is 2.78 bits per heavy atom. The summed E-state index contributed by atoms with van der Waals surface area (Å²) < 4.78 is 7.02. The molecule has 1 aromatic carbocycles. The van der Waals surface area contributed by atoms with Crippen LogP contribution in [0.1, 0.15) is 22.8 Å². The van der Waals surface area contributed by atoms with E-state index in [-0.39, 0.29) is 5.78 Å². The highest BCUT2D eigenvalue weighted by atomic mass is 35.5. The number of nitrogens with zero attached hydrogens (tertiary/aromatic N) is 1. The predicted octanol–water partition coefficient (Wildman–Crippen LogP) is 3.45. The average Bonchev–Trinajstić information content (AvgIpc) is 2.58. The summed E-state index contributed by atoms with van der Waals surface area (Å²) in [4.78, 5) is 11.7. The Morgan fingerprint density at radius 2 is 2.17 bits per heavy atom. The molecular formula is C14H16ClNO2. The minimum Gasteiger partial charge on any atom is -0.383 e. The summed E-state index contributed by atoms with van der Waals surface area (Å²) in [6, 6.07) is 5.99. The number of aryl methyl sites for hydroxylation is 1. The van der Waals surface area contributed by atoms with E-state index in [4.69, 9.17) is 16.3 Å². The standard InChI is InChI=1S/C14H16ClNO2/c1-9-4-5-11-12(8-9)16(6-7-18-3)14(15)13(11)10(2)17/h4-5,8H,6-7H2,1-3H3. The minimum absolute atomic E-state index is 0.00924. The maximum atomic E-state index is 11.7. The quantitative estimate of drug-likeness (QED) is 0.793. The van der Waals surface area contributed by atoms with Crippen LogP contribution in [0.5, 0.6) is 0 Å². The van der Waals surface area contributed by atoms with Crippen molar-refractivity contribution >= 4 is 28.3 Å². The van der Waals surface area contributed by atoms with Gasteiger partial charge in [0.25, 0.3) is 0 Å². The highest BCUT2D eigenvalue weighted by Crippen LogP contribution is 2.31. The molecule has 1 aromatic heterocycles. The first-order valence-electron chi connectivity index (χ1n) is 5.84. The molecule has 0 unspecified atom stereocenters. The van der Waals surface area contributed by atoms with Crippen molar-refractivity contribution in [2.75, 3.05) is 13.7 Å². The Bertz CT molecular complexity index is 601. The number of Topliss-reactive ketones (excluding diaryl/α,β-unsaturated/α-hetero) is 1. The van der Waals surface area contributed by atoms with Crippen LogP contribution >= 0.6 is 11.6 Å². The Hall–Kier alpha value is -1.32. The molecule has 0 aliphatic heterocycles. The zero-order chi connectivity index (χ0) is 13.3. The number of benzene rings is 1. The topological polar surface area (TPSA) is 31.2 Å². The number of rotatable bonds is 4. The lowest BCUT2D eigenvalue weighted by Crippen LogP contribution is -2.04. The van der Waals surface area contributed by atoms with Crippen LogP contribution in [0.3, 0.4) is 0 Å². The molecular weight excluding hydrogens is 250 g/mol. The molecule has 0 atom stereocenters. The van der Waals surface area contributed by atoms with Gasteiger partial charge >= 0.3 is 0 Å². The first-order valence-corrected chi connectivity index (χ1v) is 6.22. The Kier molecular flexibility index (Phi) is 3.73. The van der Waals surface area contributed by atoms with E-state index in [0.717, 1.165) is 16.5 Å². The molecule has 0 aliphatic carbocycles. The van der Waals surface area contributed by atoms with Crippen LogP contribution in [0.4, 0.5) is 0 Å². The fraction of sp³-hybridized carbons (Fsp3) is 0.357. The lowest BCUT2D eigenvalue weighted by molar-refractivity contribution is 0.101. The van der Waals surface area contributed by atoms with Crippen molar-refractivity contribution in [3.05, 3.63) is 34.5 Å². The molecule has 3 nitrogen and oxygen atoms in total. The molecule has 2 aromatic rings. The number of methoxy groups -OCH3 is 1. The highest BCUT2D eigenvalue weighted by molar-refractivity contribution is 6.35. The molecule has 0 bridgehead atoms. The summed E-state index contributed by atoms with van der Waals surface area (Å²) in [6.45, 7) is 4.77. The summed E-state index contributed by atoms with van der Waals surface area (Å²) in [6.07, 6.45) is 0. The van der Waals surface area contributed by atoms with Gasteiger partial charge in [0.1, 0.15) is 5.15 Å². The fourth-order valence-electron chi connectivity index (χ4n) is 2.16. The Morgan fingerprint density at radius 1 is 1.44 bits per heavy atom. The molecule has 1 heterocycles. The van der Waals surface area contributed by atoms with E-state index >= 15 is 0 Å². The number of carbonyl (C=O) groups is 1. The number of hydrogen-bond donors (Lipinski definition) is 0. The van der Waals surface area contributed by atoms with E-state index in [9.17, 15) is 4.79 Å². The third-order valence-corrected chi connectivity index (χ3v) is 3.42. The van der Waals surface area contributed by atoms with E-state index in [1.54, 1.807) is 14.0 Å². The van der Waals surface area contributed by atoms with E-state index in [0.29, 0.717) is 23.9 Å². The number of halogens is 1. The monoisotopic (exact) mass is 265 g/mol. The number of ketones is 1. The summed E-state index contributed by atoms with van der Waals surface area (Å²) in [7, 11) is 1.65. The van der Waals surface area contributed by atoms with Crippen molar-refractivity contribution in [1.82, 2.24) is 4.57 Å². The van der Waals surface area contributed by atoms with Gasteiger partial charge in [-0.2, -0.15) is 0 Å². The lowest BCUT2D eigenvalue weighted by atomic mass is 10.1. The molecule has 18 heavy (non-hydrogen) atoms. The number of aromatic nitrogens is 1. The largest absolute Gasteiger partial charge is 0.383 e. The molecule has 0 radical (unpaired) electrons. The molecule has 0 spiro atoms. The average molecular weight is 266 g/mol. The van der Waals surface area contributed by atoms with Gasteiger partial charge in [0.2, 0.25) is 0 Å². The maximum Gasteiger partial charge on any atom is 0.163 e. The highest BCUT2D eigenvalue weighted by Gasteiger charge is 2.18. The van der Waals surface area contributed by atoms with Crippen molar-refractivity contribution < 1.29 is 9.53 Å². The van der Waals surface area contributed by atoms with E-state index in [1.807, 2.05) is 29.7 Å². The molecule has 0 fully saturated rings. The van der Waals surface area contributed by atoms with Crippen LogP contribution in [0.15, 0.2) is 18.2 Å². The second-order valence-electron chi connectivity index (χ2n) is 4.39. The van der Waals surface area contributed by atoms with Gasteiger partial charge in [0, 0.05) is 19.0 Å². The van der Waals surface area contributed by atoms with E-state index in [2.05, 4.69) is 0 Å². The molecule has 0 N–H and O–H groups in total. The van der Waals surface area contributed by atoms with Crippen LogP contribution in [0.2, 0.25) is 5.15 Å². The van der Waals surface area contributed by atoms with Gasteiger partial charge in [-0.15, -0.1) is 0 Å². The molecule has 0 amide bonds. The zero-order valence-electron chi connectivity index (χ0n) is 10.8. The van der Waals surface area contributed by atoms with Gasteiger partial charge in [0.15, 0.2) is 5.78 Å². The maximum absolute atomic E-state index is 11.7. The molecule has 0 saturated heterocycles. The second-order valence-corrected chi connectivity index (χ2v) is 4.75. The Balaban J connectivity index is 2.70. The molecule has 0 saturated carbocycles. The number of hydrogen-bond acceptors (Lipinski definition) is 2. The molecule has 4 heteroatoms. The molecule has 0 aliphatic rings. The fourth-order valence-corrected chi connectivity index (χ4v) is 2.57. The second kappa shape index (κ2) is 5.12. The van der Waals surface area contributed by atoms with Gasteiger partial charge in [-0.1, -0.05) is 23.7 Å². The Labute approximate surface area is 111 Å². The third kappa shape index (κ3) is 2.16. The molecule has 96 valence electrons.